The van der Waals surface area contributed by atoms with Crippen LogP contribution in [0, 0.1) is 0 Å². The minimum absolute atomic E-state index is 0. The van der Waals surface area contributed by atoms with Gasteiger partial charge in [0.05, 0.1) is 0 Å². The van der Waals surface area contributed by atoms with Gasteiger partial charge in [0.25, 0.3) is 0 Å². The summed E-state index contributed by atoms with van der Waals surface area (Å²) < 4.78 is 0. The number of rotatable bonds is 0. The van der Waals surface area contributed by atoms with Gasteiger partial charge >= 0.3 is 109 Å². The first kappa shape index (κ1) is 156. The molecule has 0 aliphatic heterocycles. The predicted molar refractivity (Wildman–Crippen MR) is 4.12 cm³/mol. The fourth-order valence-corrected chi connectivity index (χ4v) is 0. The van der Waals surface area contributed by atoms with E-state index in [2.05, 4.69) is 0 Å². The van der Waals surface area contributed by atoms with Crippen molar-refractivity contribution < 1.29 is 141 Å². The van der Waals surface area contributed by atoms with Gasteiger partial charge in [-0.25, -0.2) is 0 Å². The molecule has 0 aromatic carbocycles. The summed E-state index contributed by atoms with van der Waals surface area (Å²) in [5.41, 5.74) is 0. The van der Waals surface area contributed by atoms with E-state index in [0.717, 1.165) is 0 Å². The van der Waals surface area contributed by atoms with E-state index in [4.69, 9.17) is 0 Å². The third-order valence-corrected chi connectivity index (χ3v) is 0. The Morgan fingerprint density at radius 1 is 0.444 bits per heavy atom. The van der Waals surface area contributed by atoms with Gasteiger partial charge in [-0.15, -0.1) is 0 Å². The molecule has 0 saturated heterocycles. The first-order chi connectivity index (χ1) is 0. The molecule has 0 atom stereocenters. The van der Waals surface area contributed by atoms with E-state index < -0.39 is 0 Å². The van der Waals surface area contributed by atoms with Crippen LogP contribution in [0.4, 0.5) is 0 Å². The van der Waals surface area contributed by atoms with Crippen LogP contribution in [-0.2, 0) is 72.5 Å². The van der Waals surface area contributed by atoms with Crippen molar-refractivity contribution in [3.05, 3.63) is 0 Å². The molecule has 0 aromatic heterocycles. The van der Waals surface area contributed by atoms with Gasteiger partial charge in [0, 0.05) is 0 Å². The van der Waals surface area contributed by atoms with Crippen LogP contribution in [0.3, 0.4) is 0 Å². The topological polar surface area (TPSA) is 171 Å². The second kappa shape index (κ2) is 118. The van der Waals surface area contributed by atoms with Gasteiger partial charge in [-0.05, 0) is 0 Å². The quantitative estimate of drug-likeness (QED) is 0.379. The van der Waals surface area contributed by atoms with Gasteiger partial charge in [0.15, 0.2) is 0 Å². The molecule has 9 heteroatoms. The standard InChI is InChI=1S/Cs.Mo.6O.V/q+1;+6;6*-2;+5. The molecule has 0 aliphatic carbocycles. The minimum atomic E-state index is 0. The molecule has 0 unspecified atom stereocenters. The SMILES string of the molecule is [Cs+].[Mo+6].[O-2].[O-2].[O-2].[O-2].[O-2].[O-2].[V+5]. The molecule has 0 rings (SSSR count). The van der Waals surface area contributed by atoms with Crippen LogP contribution in [0.5, 0.6) is 0 Å². The summed E-state index contributed by atoms with van der Waals surface area (Å²) in [4.78, 5) is 0. The summed E-state index contributed by atoms with van der Waals surface area (Å²) in [6, 6.07) is 0. The summed E-state index contributed by atoms with van der Waals surface area (Å²) in [5.74, 6) is 0. The fourth-order valence-electron chi connectivity index (χ4n) is 0. The summed E-state index contributed by atoms with van der Waals surface area (Å²) in [7, 11) is 0. The molecule has 0 spiro atoms. The van der Waals surface area contributed by atoms with Crippen molar-refractivity contribution >= 4 is 0 Å². The molecule has 6 nitrogen and oxygen atoms in total. The van der Waals surface area contributed by atoms with E-state index in [1.807, 2.05) is 0 Å². The normalized spacial score (nSPS) is 0. The molecular weight excluding hydrogens is 376 g/mol. The van der Waals surface area contributed by atoms with E-state index in [9.17, 15) is 0 Å². The summed E-state index contributed by atoms with van der Waals surface area (Å²) in [6.45, 7) is 0. The molecule has 0 fully saturated rings. The molecule has 0 N–H and O–H groups in total. The van der Waals surface area contributed by atoms with Crippen LogP contribution in [-0.4, -0.2) is 0 Å². The summed E-state index contributed by atoms with van der Waals surface area (Å²) in [6.07, 6.45) is 0. The van der Waals surface area contributed by atoms with E-state index >= 15 is 0 Å². The first-order valence-corrected chi connectivity index (χ1v) is 0. The van der Waals surface area contributed by atoms with Gasteiger partial charge in [-0.1, -0.05) is 0 Å². The average molecular weight is 376 g/mol. The maximum Gasteiger partial charge on any atom is 6.00 e. The molecule has 9 heavy (non-hydrogen) atoms. The Morgan fingerprint density at radius 3 is 0.444 bits per heavy atom. The molecule has 0 bridgehead atoms. The predicted octanol–water partition coefficient (Wildman–Crippen LogP) is -3.71. The Hall–Kier alpha value is 3.08. The monoisotopic (exact) mass is 378 g/mol. The van der Waals surface area contributed by atoms with Gasteiger partial charge in [-0.3, -0.25) is 0 Å². The smallest absolute Gasteiger partial charge is 2.00 e. The Labute approximate surface area is 138 Å². The molecule has 0 radical (unpaired) electrons. The minimum Gasteiger partial charge on any atom is -2.00 e. The second-order valence-corrected chi connectivity index (χ2v) is 0. The zero-order chi connectivity index (χ0) is 0. The number of hydrogen-bond donors (Lipinski definition) is 0. The van der Waals surface area contributed by atoms with Gasteiger partial charge in [-0.2, -0.15) is 0 Å². The second-order valence-electron chi connectivity index (χ2n) is 0. The maximum absolute atomic E-state index is 0. The zero-order valence-electron chi connectivity index (χ0n) is 4.30. The molecule has 0 saturated carbocycles. The van der Waals surface area contributed by atoms with Crippen LogP contribution in [0.25, 0.3) is 0 Å². The summed E-state index contributed by atoms with van der Waals surface area (Å²) in [5, 5.41) is 0. The first-order valence-electron chi connectivity index (χ1n) is 0. The van der Waals surface area contributed by atoms with E-state index in [1.54, 1.807) is 0 Å². The van der Waals surface area contributed by atoms with E-state index in [0.29, 0.717) is 0 Å². The zero-order valence-corrected chi connectivity index (χ0v) is 14.0. The van der Waals surface area contributed by atoms with Crippen molar-refractivity contribution in [1.82, 2.24) is 0 Å². The molecular formula is CsMoO6V. The van der Waals surface area contributed by atoms with Crippen molar-refractivity contribution in [2.75, 3.05) is 0 Å². The largest absolute Gasteiger partial charge is 6.00 e. The van der Waals surface area contributed by atoms with Crippen LogP contribution in [0.15, 0.2) is 0 Å². The van der Waals surface area contributed by atoms with E-state index in [1.165, 1.54) is 0 Å². The van der Waals surface area contributed by atoms with E-state index in [-0.39, 0.29) is 141 Å². The van der Waals surface area contributed by atoms with Crippen LogP contribution in [0.1, 0.15) is 0 Å². The molecule has 0 aromatic rings. The van der Waals surface area contributed by atoms with Crippen molar-refractivity contribution in [3.8, 4) is 0 Å². The molecule has 0 heterocycles. The summed E-state index contributed by atoms with van der Waals surface area (Å²) >= 11 is 0. The average Bonchev–Trinajstić information content (AvgIpc) is 0. The van der Waals surface area contributed by atoms with Crippen LogP contribution in [0.2, 0.25) is 0 Å². The fraction of sp³-hybridized carbons (Fsp3) is 0. The van der Waals surface area contributed by atoms with Crippen molar-refractivity contribution in [2.24, 2.45) is 0 Å². The third kappa shape index (κ3) is 96.1. The maximum atomic E-state index is 0. The van der Waals surface area contributed by atoms with Crippen molar-refractivity contribution in [2.45, 2.75) is 0 Å². The van der Waals surface area contributed by atoms with Gasteiger partial charge < -0.3 is 32.9 Å². The molecule has 0 aliphatic rings. The third-order valence-electron chi connectivity index (χ3n) is 0. The van der Waals surface area contributed by atoms with Crippen LogP contribution < -0.4 is 68.9 Å². The van der Waals surface area contributed by atoms with Gasteiger partial charge in [0.1, 0.15) is 0 Å². The number of hydrogen-bond acceptors (Lipinski definition) is 0. The van der Waals surface area contributed by atoms with Crippen molar-refractivity contribution in [1.29, 1.82) is 0 Å². The Bertz CT molecular complexity index is 13.0. The Kier molecular flexibility index (Phi) is 2050. The molecule has 0 amide bonds. The Morgan fingerprint density at radius 2 is 0.444 bits per heavy atom. The van der Waals surface area contributed by atoms with Gasteiger partial charge in [0.2, 0.25) is 0 Å². The van der Waals surface area contributed by atoms with Crippen LogP contribution >= 0.6 is 0 Å². The molecule has 48 valence electrons. The van der Waals surface area contributed by atoms with Crippen molar-refractivity contribution in [3.63, 3.8) is 0 Å². The Balaban J connectivity index is 0.